The van der Waals surface area contributed by atoms with Gasteiger partial charge in [-0.2, -0.15) is 13.2 Å². The Bertz CT molecular complexity index is 1430. The maximum absolute atomic E-state index is 12.8. The van der Waals surface area contributed by atoms with Gasteiger partial charge >= 0.3 is 6.18 Å². The van der Waals surface area contributed by atoms with Crippen molar-refractivity contribution in [2.45, 2.75) is 38.1 Å². The largest absolute Gasteiger partial charge is 0.416 e. The second kappa shape index (κ2) is 13.3. The van der Waals surface area contributed by atoms with Gasteiger partial charge in [-0.1, -0.05) is 35.9 Å². The number of nitro groups is 1. The summed E-state index contributed by atoms with van der Waals surface area (Å²) in [5.41, 5.74) is 1.26. The predicted molar refractivity (Wildman–Crippen MR) is 159 cm³/mol. The Kier molecular flexibility index (Phi) is 9.48. The summed E-state index contributed by atoms with van der Waals surface area (Å²) >= 11 is 6.53. The average molecular weight is 619 g/mol. The van der Waals surface area contributed by atoms with Gasteiger partial charge in [0.05, 0.1) is 21.1 Å². The summed E-state index contributed by atoms with van der Waals surface area (Å²) in [6.45, 7) is 6.07. The molecule has 2 saturated heterocycles. The van der Waals surface area contributed by atoms with Crippen molar-refractivity contribution in [3.63, 3.8) is 0 Å². The van der Waals surface area contributed by atoms with Crippen LogP contribution in [0.2, 0.25) is 5.02 Å². The van der Waals surface area contributed by atoms with Crippen molar-refractivity contribution in [1.29, 1.82) is 0 Å². The summed E-state index contributed by atoms with van der Waals surface area (Å²) in [5, 5.41) is 13.9. The van der Waals surface area contributed by atoms with E-state index in [1.165, 1.54) is 18.3 Å². The van der Waals surface area contributed by atoms with Crippen LogP contribution in [0.4, 0.5) is 24.7 Å². The number of nitrogens with one attached hydrogen (secondary N) is 1. The lowest BCUT2D eigenvalue weighted by Gasteiger charge is -2.43. The Hall–Kier alpha value is -3.74. The number of aromatic nitrogens is 1. The molecule has 0 aliphatic carbocycles. The maximum atomic E-state index is 12.8. The first kappa shape index (κ1) is 30.7. The number of halogens is 4. The van der Waals surface area contributed by atoms with E-state index in [1.54, 1.807) is 18.2 Å². The molecule has 1 aromatic heterocycles. The van der Waals surface area contributed by atoms with Crippen molar-refractivity contribution < 1.29 is 24.3 Å². The fourth-order valence-electron chi connectivity index (χ4n) is 5.61. The van der Waals surface area contributed by atoms with E-state index in [1.807, 2.05) is 12.1 Å². The molecule has 2 aromatic carbocycles. The van der Waals surface area contributed by atoms with E-state index in [0.29, 0.717) is 22.4 Å². The molecule has 2 aliphatic heterocycles. The number of alkyl halides is 3. The standard InChI is InChI=1S/C30H32ClF3N6O3.H2/c31-27-17-23(29(41)36-18-21-1-5-24(6-2-21)30(32,33)34)19-35-28(27)39-15-13-38(14-16-39)25-9-11-37(12-10-25)20-22-3-7-26(8-4-22)40(42)43;/h1-8,17,19,25H,9-16,18,20H2,(H,36,41);1H. The van der Waals surface area contributed by atoms with Crippen LogP contribution in [0.5, 0.6) is 0 Å². The summed E-state index contributed by atoms with van der Waals surface area (Å²) < 4.78 is 38.3. The first-order valence-corrected chi connectivity index (χ1v) is 14.5. The molecule has 1 amide bonds. The van der Waals surface area contributed by atoms with E-state index in [-0.39, 0.29) is 24.1 Å². The van der Waals surface area contributed by atoms with Crippen LogP contribution in [0.3, 0.4) is 0 Å². The van der Waals surface area contributed by atoms with Crippen molar-refractivity contribution in [1.82, 2.24) is 20.1 Å². The van der Waals surface area contributed by atoms with Crippen LogP contribution in [-0.4, -0.2) is 70.9 Å². The Balaban J connectivity index is 0.00000442. The fraction of sp³-hybridized carbons (Fsp3) is 0.400. The first-order valence-electron chi connectivity index (χ1n) is 14.1. The number of carbonyl (C=O) groups is 1. The zero-order valence-electron chi connectivity index (χ0n) is 23.4. The highest BCUT2D eigenvalue weighted by Crippen LogP contribution is 2.29. The zero-order chi connectivity index (χ0) is 30.6. The van der Waals surface area contributed by atoms with Gasteiger partial charge in [-0.25, -0.2) is 4.98 Å². The molecule has 3 heterocycles. The van der Waals surface area contributed by atoms with Crippen molar-refractivity contribution in [3.8, 4) is 0 Å². The molecule has 0 unspecified atom stereocenters. The van der Waals surface area contributed by atoms with Crippen LogP contribution < -0.4 is 10.2 Å². The third-order valence-corrected chi connectivity index (χ3v) is 8.34. The van der Waals surface area contributed by atoms with Gasteiger partial charge in [0.2, 0.25) is 0 Å². The Morgan fingerprint density at radius 3 is 2.21 bits per heavy atom. The molecule has 9 nitrogen and oxygen atoms in total. The van der Waals surface area contributed by atoms with Gasteiger partial charge in [-0.15, -0.1) is 0 Å². The number of hydrogen-bond donors (Lipinski definition) is 1. The van der Waals surface area contributed by atoms with E-state index in [2.05, 4.69) is 25.0 Å². The molecular weight excluding hydrogens is 585 g/mol. The molecule has 2 fully saturated rings. The van der Waals surface area contributed by atoms with Crippen molar-refractivity contribution in [2.75, 3.05) is 44.2 Å². The number of hydrogen-bond acceptors (Lipinski definition) is 7. The third kappa shape index (κ3) is 7.81. The van der Waals surface area contributed by atoms with Gasteiger partial charge in [0, 0.05) is 65.1 Å². The Morgan fingerprint density at radius 2 is 1.63 bits per heavy atom. The van der Waals surface area contributed by atoms with E-state index in [4.69, 9.17) is 11.6 Å². The first-order chi connectivity index (χ1) is 20.6. The highest BCUT2D eigenvalue weighted by molar-refractivity contribution is 6.33. The number of nitro benzene ring substituents is 1. The summed E-state index contributed by atoms with van der Waals surface area (Å²) in [6.07, 6.45) is -0.822. The average Bonchev–Trinajstić information content (AvgIpc) is 3.00. The highest BCUT2D eigenvalue weighted by atomic mass is 35.5. The molecule has 0 spiro atoms. The zero-order valence-corrected chi connectivity index (χ0v) is 24.2. The van der Waals surface area contributed by atoms with Crippen molar-refractivity contribution >= 4 is 29.0 Å². The normalized spacial score (nSPS) is 17.2. The molecule has 1 N–H and O–H groups in total. The monoisotopic (exact) mass is 618 g/mol. The molecule has 230 valence electrons. The molecule has 0 saturated carbocycles. The van der Waals surface area contributed by atoms with Gasteiger partial charge in [-0.3, -0.25) is 24.7 Å². The SMILES string of the molecule is O=C(NCc1ccc(C(F)(F)F)cc1)c1cnc(N2CCN(C3CCN(Cc4ccc([N+](=O)[O-])cc4)CC3)CC2)c(Cl)c1.[HH]. The number of pyridine rings is 1. The van der Waals surface area contributed by atoms with Crippen LogP contribution in [0.1, 0.15) is 41.3 Å². The van der Waals surface area contributed by atoms with Gasteiger partial charge in [0.15, 0.2) is 0 Å². The maximum Gasteiger partial charge on any atom is 0.416 e. The minimum atomic E-state index is -4.41. The number of piperidine rings is 1. The number of nitrogens with zero attached hydrogens (tertiary/aromatic N) is 5. The fourth-order valence-corrected chi connectivity index (χ4v) is 5.89. The number of piperazine rings is 1. The van der Waals surface area contributed by atoms with E-state index >= 15 is 0 Å². The van der Waals surface area contributed by atoms with Gasteiger partial charge in [-0.05, 0) is 55.3 Å². The van der Waals surface area contributed by atoms with Gasteiger partial charge < -0.3 is 10.2 Å². The molecule has 3 aromatic rings. The lowest BCUT2D eigenvalue weighted by atomic mass is 10.0. The molecule has 2 aliphatic rings. The summed E-state index contributed by atoms with van der Waals surface area (Å²) in [7, 11) is 0. The number of anilines is 1. The Labute approximate surface area is 253 Å². The molecule has 43 heavy (non-hydrogen) atoms. The van der Waals surface area contributed by atoms with Crippen LogP contribution >= 0.6 is 11.6 Å². The second-order valence-corrected chi connectivity index (χ2v) is 11.3. The number of carbonyl (C=O) groups excluding carboxylic acids is 1. The third-order valence-electron chi connectivity index (χ3n) is 8.06. The van der Waals surface area contributed by atoms with Crippen LogP contribution in [-0.2, 0) is 19.3 Å². The van der Waals surface area contributed by atoms with Crippen molar-refractivity contribution in [2.24, 2.45) is 0 Å². The van der Waals surface area contributed by atoms with Gasteiger partial charge in [0.25, 0.3) is 11.6 Å². The topological polar surface area (TPSA) is 94.9 Å². The quantitative estimate of drug-likeness (QED) is 0.258. The van der Waals surface area contributed by atoms with Gasteiger partial charge in [0.1, 0.15) is 5.82 Å². The number of amides is 1. The van der Waals surface area contributed by atoms with Crippen molar-refractivity contribution in [3.05, 3.63) is 98.2 Å². The number of benzene rings is 2. The molecular formula is C30H34ClF3N6O3. The van der Waals surface area contributed by atoms with E-state index in [9.17, 15) is 28.1 Å². The lowest BCUT2D eigenvalue weighted by Crippen LogP contribution is -2.53. The molecule has 5 rings (SSSR count). The minimum Gasteiger partial charge on any atom is -0.353 e. The number of likely N-dealkylation sites (tertiary alicyclic amines) is 1. The van der Waals surface area contributed by atoms with E-state index < -0.39 is 17.6 Å². The van der Waals surface area contributed by atoms with E-state index in [0.717, 1.165) is 76.4 Å². The number of non-ortho nitro benzene ring substituents is 1. The highest BCUT2D eigenvalue weighted by Gasteiger charge is 2.30. The predicted octanol–water partition coefficient (Wildman–Crippen LogP) is 5.62. The molecule has 0 radical (unpaired) electrons. The summed E-state index contributed by atoms with van der Waals surface area (Å²) in [4.78, 5) is 34.6. The van der Waals surface area contributed by atoms with Crippen LogP contribution in [0, 0.1) is 10.1 Å². The smallest absolute Gasteiger partial charge is 0.353 e. The molecule has 0 atom stereocenters. The number of rotatable bonds is 8. The summed E-state index contributed by atoms with van der Waals surface area (Å²) in [6, 6.07) is 13.5. The Morgan fingerprint density at radius 1 is 1.00 bits per heavy atom. The molecule has 0 bridgehead atoms. The summed E-state index contributed by atoms with van der Waals surface area (Å²) in [5.74, 6) is 0.212. The lowest BCUT2D eigenvalue weighted by molar-refractivity contribution is -0.384. The second-order valence-electron chi connectivity index (χ2n) is 10.9. The van der Waals surface area contributed by atoms with Crippen LogP contribution in [0.25, 0.3) is 0 Å². The molecule has 13 heteroatoms. The minimum absolute atomic E-state index is 0. The van der Waals surface area contributed by atoms with Crippen LogP contribution in [0.15, 0.2) is 60.8 Å².